The van der Waals surface area contributed by atoms with Crippen LogP contribution in [0.5, 0.6) is 5.75 Å². The number of benzene rings is 1. The predicted octanol–water partition coefficient (Wildman–Crippen LogP) is 2.69. The van der Waals surface area contributed by atoms with Crippen LogP contribution in [-0.4, -0.2) is 62.0 Å². The Morgan fingerprint density at radius 3 is 2.15 bits per heavy atom. The topological polar surface area (TPSA) is 68.3 Å². The number of amides is 1. The maximum atomic E-state index is 12.1. The minimum Gasteiger partial charge on any atom is -0.490 e. The van der Waals surface area contributed by atoms with Gasteiger partial charge in [0, 0.05) is 38.8 Å². The third-order valence-electron chi connectivity index (χ3n) is 3.79. The third kappa shape index (κ3) is 6.46. The summed E-state index contributed by atoms with van der Waals surface area (Å²) in [4.78, 5) is 26.8. The fourth-order valence-corrected chi connectivity index (χ4v) is 2.57. The summed E-state index contributed by atoms with van der Waals surface area (Å²) in [5, 5.41) is 0. The fourth-order valence-electron chi connectivity index (χ4n) is 2.57. The molecule has 1 aromatic rings. The van der Waals surface area contributed by atoms with Gasteiger partial charge < -0.3 is 24.0 Å². The molecule has 26 heavy (non-hydrogen) atoms. The van der Waals surface area contributed by atoms with Crippen molar-refractivity contribution >= 4 is 17.7 Å². The first-order chi connectivity index (χ1) is 12.2. The van der Waals surface area contributed by atoms with Crippen LogP contribution in [0.1, 0.15) is 27.7 Å². The number of anilines is 1. The molecule has 1 heterocycles. The zero-order valence-electron chi connectivity index (χ0n) is 16.0. The Hall–Kier alpha value is -2.44. The molecule has 2 rings (SSSR count). The van der Waals surface area contributed by atoms with Crippen molar-refractivity contribution in [3.63, 3.8) is 0 Å². The molecule has 1 amide bonds. The summed E-state index contributed by atoms with van der Waals surface area (Å²) in [7, 11) is 0. The number of piperazine rings is 1. The summed E-state index contributed by atoms with van der Waals surface area (Å²) >= 11 is 0. The lowest BCUT2D eigenvalue weighted by Crippen LogP contribution is -2.50. The molecule has 7 nitrogen and oxygen atoms in total. The van der Waals surface area contributed by atoms with Crippen LogP contribution in [0.2, 0.25) is 0 Å². The molecule has 1 aromatic carbocycles. The van der Waals surface area contributed by atoms with Gasteiger partial charge >= 0.3 is 12.1 Å². The van der Waals surface area contributed by atoms with Crippen LogP contribution in [0.15, 0.2) is 24.3 Å². The van der Waals surface area contributed by atoms with Gasteiger partial charge in [-0.25, -0.2) is 4.79 Å². The zero-order chi connectivity index (χ0) is 19.2. The summed E-state index contributed by atoms with van der Waals surface area (Å²) in [6, 6.07) is 7.77. The quantitative estimate of drug-likeness (QED) is 0.591. The highest BCUT2D eigenvalue weighted by molar-refractivity contribution is 5.68. The first-order valence-corrected chi connectivity index (χ1v) is 8.84. The van der Waals surface area contributed by atoms with E-state index in [0.717, 1.165) is 24.5 Å². The van der Waals surface area contributed by atoms with Gasteiger partial charge in [0.25, 0.3) is 0 Å². The van der Waals surface area contributed by atoms with E-state index in [2.05, 4.69) is 4.90 Å². The second-order valence-electron chi connectivity index (χ2n) is 7.14. The fraction of sp³-hybridized carbons (Fsp3) is 0.579. The molecule has 0 bridgehead atoms. The first kappa shape index (κ1) is 19.9. The lowest BCUT2D eigenvalue weighted by Gasteiger charge is -2.36. The highest BCUT2D eigenvalue weighted by Gasteiger charge is 2.25. The Kier molecular flexibility index (Phi) is 6.71. The number of rotatable bonds is 5. The van der Waals surface area contributed by atoms with Gasteiger partial charge in [-0.2, -0.15) is 0 Å². The molecule has 0 spiro atoms. The van der Waals surface area contributed by atoms with Crippen LogP contribution in [0.4, 0.5) is 10.5 Å². The maximum absolute atomic E-state index is 12.1. The SMILES string of the molecule is CC(=O)OCCOc1ccc(N2CCN(C(=O)OC(C)(C)C)CC2)cc1. The molecular weight excluding hydrogens is 336 g/mol. The molecule has 144 valence electrons. The van der Waals surface area contributed by atoms with Crippen LogP contribution < -0.4 is 9.64 Å². The smallest absolute Gasteiger partial charge is 0.410 e. The number of carbonyl (C=O) groups is 2. The normalized spacial score (nSPS) is 14.8. The maximum Gasteiger partial charge on any atom is 0.410 e. The highest BCUT2D eigenvalue weighted by atomic mass is 16.6. The Morgan fingerprint density at radius 1 is 1.00 bits per heavy atom. The van der Waals surface area contributed by atoms with Crippen LogP contribution in [0.25, 0.3) is 0 Å². The molecule has 7 heteroatoms. The Balaban J connectivity index is 1.78. The van der Waals surface area contributed by atoms with Crippen molar-refractivity contribution in [3.8, 4) is 5.75 Å². The molecule has 1 aliphatic heterocycles. The van der Waals surface area contributed by atoms with Gasteiger partial charge in [-0.3, -0.25) is 4.79 Å². The van der Waals surface area contributed by atoms with E-state index in [4.69, 9.17) is 14.2 Å². The van der Waals surface area contributed by atoms with E-state index in [1.807, 2.05) is 45.0 Å². The molecule has 0 aliphatic carbocycles. The van der Waals surface area contributed by atoms with E-state index in [9.17, 15) is 9.59 Å². The van der Waals surface area contributed by atoms with E-state index < -0.39 is 5.60 Å². The number of hydrogen-bond acceptors (Lipinski definition) is 6. The number of carbonyl (C=O) groups excluding carboxylic acids is 2. The molecule has 1 saturated heterocycles. The monoisotopic (exact) mass is 364 g/mol. The molecular formula is C19H28N2O5. The van der Waals surface area contributed by atoms with Crippen molar-refractivity contribution in [1.82, 2.24) is 4.90 Å². The van der Waals surface area contributed by atoms with Gasteiger partial charge in [0.05, 0.1) is 0 Å². The number of esters is 1. The van der Waals surface area contributed by atoms with Gasteiger partial charge in [0.15, 0.2) is 0 Å². The first-order valence-electron chi connectivity index (χ1n) is 8.84. The van der Waals surface area contributed by atoms with Gasteiger partial charge in [-0.05, 0) is 45.0 Å². The Bertz CT molecular complexity index is 601. The van der Waals surface area contributed by atoms with E-state index in [-0.39, 0.29) is 18.7 Å². The van der Waals surface area contributed by atoms with Crippen LogP contribution in [0.3, 0.4) is 0 Å². The second-order valence-corrected chi connectivity index (χ2v) is 7.14. The van der Waals surface area contributed by atoms with Crippen molar-refractivity contribution < 1.29 is 23.8 Å². The highest BCUT2D eigenvalue weighted by Crippen LogP contribution is 2.21. The largest absolute Gasteiger partial charge is 0.490 e. The van der Waals surface area contributed by atoms with Gasteiger partial charge in [-0.15, -0.1) is 0 Å². The lowest BCUT2D eigenvalue weighted by molar-refractivity contribution is -0.141. The Labute approximate surface area is 154 Å². The zero-order valence-corrected chi connectivity index (χ0v) is 16.0. The summed E-state index contributed by atoms with van der Waals surface area (Å²) < 4.78 is 15.8. The van der Waals surface area contributed by atoms with Crippen molar-refractivity contribution in [2.45, 2.75) is 33.3 Å². The average Bonchev–Trinajstić information content (AvgIpc) is 2.58. The number of hydrogen-bond donors (Lipinski definition) is 0. The van der Waals surface area contributed by atoms with E-state index in [1.165, 1.54) is 6.92 Å². The number of ether oxygens (including phenoxy) is 3. The van der Waals surface area contributed by atoms with E-state index in [1.54, 1.807) is 4.90 Å². The summed E-state index contributed by atoms with van der Waals surface area (Å²) in [6.45, 7) is 10.3. The molecule has 0 aromatic heterocycles. The van der Waals surface area contributed by atoms with Gasteiger partial charge in [0.1, 0.15) is 24.6 Å². The summed E-state index contributed by atoms with van der Waals surface area (Å²) in [5.41, 5.74) is 0.612. The molecule has 0 unspecified atom stereocenters. The summed E-state index contributed by atoms with van der Waals surface area (Å²) in [6.07, 6.45) is -0.256. The average molecular weight is 364 g/mol. The van der Waals surface area contributed by atoms with E-state index >= 15 is 0 Å². The van der Waals surface area contributed by atoms with Gasteiger partial charge in [-0.1, -0.05) is 0 Å². The molecule has 0 radical (unpaired) electrons. The van der Waals surface area contributed by atoms with Crippen molar-refractivity contribution in [1.29, 1.82) is 0 Å². The number of nitrogens with zero attached hydrogens (tertiary/aromatic N) is 2. The van der Waals surface area contributed by atoms with E-state index in [0.29, 0.717) is 19.7 Å². The lowest BCUT2D eigenvalue weighted by atomic mass is 10.2. The van der Waals surface area contributed by atoms with Gasteiger partial charge in [0.2, 0.25) is 0 Å². The van der Waals surface area contributed by atoms with Crippen molar-refractivity contribution in [2.24, 2.45) is 0 Å². The van der Waals surface area contributed by atoms with Crippen molar-refractivity contribution in [2.75, 3.05) is 44.3 Å². The second kappa shape index (κ2) is 8.78. The standard InChI is InChI=1S/C19H28N2O5/c1-15(22)24-13-14-25-17-7-5-16(6-8-17)20-9-11-21(12-10-20)18(23)26-19(2,3)4/h5-8H,9-14H2,1-4H3. The third-order valence-corrected chi connectivity index (χ3v) is 3.79. The minimum absolute atomic E-state index is 0.240. The van der Waals surface area contributed by atoms with Crippen molar-refractivity contribution in [3.05, 3.63) is 24.3 Å². The van der Waals surface area contributed by atoms with Crippen LogP contribution >= 0.6 is 0 Å². The molecule has 1 fully saturated rings. The van der Waals surface area contributed by atoms with Crippen LogP contribution in [0, 0.1) is 0 Å². The molecule has 1 aliphatic rings. The molecule has 0 atom stereocenters. The minimum atomic E-state index is -0.473. The summed E-state index contributed by atoms with van der Waals surface area (Å²) in [5.74, 6) is 0.419. The Morgan fingerprint density at radius 2 is 1.62 bits per heavy atom. The molecule has 0 N–H and O–H groups in total. The molecule has 0 saturated carbocycles. The predicted molar refractivity (Wildman–Crippen MR) is 98.6 cm³/mol. The van der Waals surface area contributed by atoms with Crippen LogP contribution in [-0.2, 0) is 14.3 Å².